The second-order valence-corrected chi connectivity index (χ2v) is 6.19. The van der Waals surface area contributed by atoms with Gasteiger partial charge >= 0.3 is 0 Å². The molecule has 0 bridgehead atoms. The van der Waals surface area contributed by atoms with Gasteiger partial charge in [0.25, 0.3) is 0 Å². The molecule has 0 saturated heterocycles. The van der Waals surface area contributed by atoms with Crippen LogP contribution >= 0.6 is 11.6 Å². The fourth-order valence-electron chi connectivity index (χ4n) is 3.04. The molecular weight excluding hydrogens is 262 g/mol. The molecule has 4 nitrogen and oxygen atoms in total. The van der Waals surface area contributed by atoms with E-state index in [2.05, 4.69) is 12.0 Å². The summed E-state index contributed by atoms with van der Waals surface area (Å²) in [5.41, 5.74) is 7.63. The van der Waals surface area contributed by atoms with E-state index >= 15 is 0 Å². The number of hydrogen-bond acceptors (Lipinski definition) is 3. The molecule has 1 aliphatic rings. The van der Waals surface area contributed by atoms with Gasteiger partial charge in [0.05, 0.1) is 36.1 Å². The van der Waals surface area contributed by atoms with Crippen LogP contribution in [-0.2, 0) is 11.3 Å². The third kappa shape index (κ3) is 3.12. The number of halogens is 1. The average molecular weight is 286 g/mol. The molecule has 19 heavy (non-hydrogen) atoms. The highest BCUT2D eigenvalue weighted by atomic mass is 35.5. The van der Waals surface area contributed by atoms with Crippen LogP contribution in [-0.4, -0.2) is 23.5 Å². The molecule has 1 aromatic rings. The summed E-state index contributed by atoms with van der Waals surface area (Å²) < 4.78 is 7.01. The van der Waals surface area contributed by atoms with Gasteiger partial charge in [-0.1, -0.05) is 37.8 Å². The van der Waals surface area contributed by atoms with Gasteiger partial charge in [-0.2, -0.15) is 5.10 Å². The number of ether oxygens (including phenoxy) is 1. The second kappa shape index (κ2) is 6.25. The Hall–Kier alpha value is -0.580. The molecule has 108 valence electrons. The summed E-state index contributed by atoms with van der Waals surface area (Å²) in [6.07, 6.45) is 7.86. The summed E-state index contributed by atoms with van der Waals surface area (Å²) in [5.74, 6) is 0. The number of rotatable bonds is 5. The van der Waals surface area contributed by atoms with Crippen LogP contribution in [0.25, 0.3) is 0 Å². The molecule has 2 rings (SSSR count). The standard InChI is InChI=1S/C14H24ClN3O/c1-14(6-4-3-5-7-14)13(16)12-11(15)10-17-18(12)8-9-19-2/h10,13H,3-9,16H2,1-2H3. The van der Waals surface area contributed by atoms with Crippen molar-refractivity contribution in [2.45, 2.75) is 51.6 Å². The van der Waals surface area contributed by atoms with Crippen molar-refractivity contribution in [2.24, 2.45) is 11.1 Å². The Kier molecular flexibility index (Phi) is 4.87. The Morgan fingerprint density at radius 1 is 1.47 bits per heavy atom. The van der Waals surface area contributed by atoms with E-state index in [-0.39, 0.29) is 11.5 Å². The number of hydrogen-bond donors (Lipinski definition) is 1. The first-order chi connectivity index (χ1) is 9.08. The minimum absolute atomic E-state index is 0.0559. The van der Waals surface area contributed by atoms with Crippen LogP contribution in [0.5, 0.6) is 0 Å². The Morgan fingerprint density at radius 3 is 2.79 bits per heavy atom. The van der Waals surface area contributed by atoms with Gasteiger partial charge in [0.2, 0.25) is 0 Å². The predicted molar refractivity (Wildman–Crippen MR) is 77.2 cm³/mol. The van der Waals surface area contributed by atoms with E-state index in [9.17, 15) is 0 Å². The van der Waals surface area contributed by atoms with Gasteiger partial charge in [0.1, 0.15) is 0 Å². The van der Waals surface area contributed by atoms with Crippen LogP contribution in [0.2, 0.25) is 5.02 Å². The zero-order valence-electron chi connectivity index (χ0n) is 11.9. The topological polar surface area (TPSA) is 53.1 Å². The van der Waals surface area contributed by atoms with Gasteiger partial charge in [-0.05, 0) is 18.3 Å². The number of nitrogens with zero attached hydrogens (tertiary/aromatic N) is 2. The van der Waals surface area contributed by atoms with Crippen molar-refractivity contribution in [3.8, 4) is 0 Å². The normalized spacial score (nSPS) is 20.4. The van der Waals surface area contributed by atoms with Gasteiger partial charge in [-0.25, -0.2) is 0 Å². The summed E-state index contributed by atoms with van der Waals surface area (Å²) >= 11 is 6.30. The van der Waals surface area contributed by atoms with Crippen LogP contribution in [0.15, 0.2) is 6.20 Å². The lowest BCUT2D eigenvalue weighted by Crippen LogP contribution is -2.35. The van der Waals surface area contributed by atoms with Crippen LogP contribution in [0.3, 0.4) is 0 Å². The van der Waals surface area contributed by atoms with Crippen molar-refractivity contribution < 1.29 is 4.74 Å². The van der Waals surface area contributed by atoms with Crippen LogP contribution in [0.4, 0.5) is 0 Å². The largest absolute Gasteiger partial charge is 0.383 e. The second-order valence-electron chi connectivity index (χ2n) is 5.79. The third-order valence-corrected chi connectivity index (χ3v) is 4.67. The Labute approximate surface area is 120 Å². The number of aromatic nitrogens is 2. The van der Waals surface area contributed by atoms with Gasteiger partial charge in [0.15, 0.2) is 0 Å². The van der Waals surface area contributed by atoms with Crippen molar-refractivity contribution in [1.29, 1.82) is 0 Å². The van der Waals surface area contributed by atoms with Crippen LogP contribution in [0, 0.1) is 5.41 Å². The van der Waals surface area contributed by atoms with E-state index < -0.39 is 0 Å². The van der Waals surface area contributed by atoms with E-state index in [1.165, 1.54) is 32.1 Å². The van der Waals surface area contributed by atoms with Crippen molar-refractivity contribution in [3.63, 3.8) is 0 Å². The lowest BCUT2D eigenvalue weighted by Gasteiger charge is -2.39. The quantitative estimate of drug-likeness (QED) is 0.904. The van der Waals surface area contributed by atoms with Crippen LogP contribution in [0.1, 0.15) is 50.8 Å². The fraction of sp³-hybridized carbons (Fsp3) is 0.786. The SMILES string of the molecule is COCCn1ncc(Cl)c1C(N)C1(C)CCCCC1. The van der Waals surface area contributed by atoms with Gasteiger partial charge in [-0.15, -0.1) is 0 Å². The van der Waals surface area contributed by atoms with E-state index in [0.717, 1.165) is 5.69 Å². The predicted octanol–water partition coefficient (Wildman–Crippen LogP) is 3.15. The van der Waals surface area contributed by atoms with E-state index in [1.807, 2.05) is 4.68 Å². The first-order valence-corrected chi connectivity index (χ1v) is 7.42. The molecule has 1 saturated carbocycles. The van der Waals surface area contributed by atoms with Crippen molar-refractivity contribution in [2.75, 3.05) is 13.7 Å². The molecule has 1 heterocycles. The molecule has 1 atom stereocenters. The summed E-state index contributed by atoms with van der Waals surface area (Å²) in [7, 11) is 1.69. The molecule has 0 amide bonds. The fourth-order valence-corrected chi connectivity index (χ4v) is 3.30. The molecular formula is C14H24ClN3O. The molecule has 0 spiro atoms. The molecule has 1 fully saturated rings. The molecule has 0 aromatic carbocycles. The maximum atomic E-state index is 6.54. The minimum atomic E-state index is -0.0559. The Balaban J connectivity index is 2.21. The van der Waals surface area contributed by atoms with Gasteiger partial charge < -0.3 is 10.5 Å². The lowest BCUT2D eigenvalue weighted by atomic mass is 9.70. The highest BCUT2D eigenvalue weighted by Crippen LogP contribution is 2.45. The zero-order chi connectivity index (χ0) is 13.9. The van der Waals surface area contributed by atoms with Crippen molar-refractivity contribution in [3.05, 3.63) is 16.9 Å². The zero-order valence-corrected chi connectivity index (χ0v) is 12.6. The summed E-state index contributed by atoms with van der Waals surface area (Å²) in [4.78, 5) is 0. The minimum Gasteiger partial charge on any atom is -0.383 e. The van der Waals surface area contributed by atoms with Crippen molar-refractivity contribution in [1.82, 2.24) is 9.78 Å². The van der Waals surface area contributed by atoms with E-state index in [4.69, 9.17) is 22.1 Å². The molecule has 0 radical (unpaired) electrons. The van der Waals surface area contributed by atoms with Crippen LogP contribution < -0.4 is 5.73 Å². The Morgan fingerprint density at radius 2 is 2.16 bits per heavy atom. The molecule has 1 aliphatic carbocycles. The number of nitrogens with two attached hydrogens (primary N) is 1. The summed E-state index contributed by atoms with van der Waals surface area (Å²) in [5, 5.41) is 5.00. The highest BCUT2D eigenvalue weighted by Gasteiger charge is 2.36. The molecule has 5 heteroatoms. The maximum absolute atomic E-state index is 6.54. The van der Waals surface area contributed by atoms with Crippen molar-refractivity contribution >= 4 is 11.6 Å². The monoisotopic (exact) mass is 285 g/mol. The summed E-state index contributed by atoms with van der Waals surface area (Å²) in [6, 6.07) is -0.0559. The molecule has 0 aliphatic heterocycles. The first kappa shape index (κ1) is 14.8. The smallest absolute Gasteiger partial charge is 0.0834 e. The first-order valence-electron chi connectivity index (χ1n) is 7.04. The van der Waals surface area contributed by atoms with E-state index in [0.29, 0.717) is 18.2 Å². The molecule has 1 unspecified atom stereocenters. The third-order valence-electron chi connectivity index (χ3n) is 4.38. The van der Waals surface area contributed by atoms with E-state index in [1.54, 1.807) is 13.3 Å². The average Bonchev–Trinajstić information content (AvgIpc) is 2.77. The molecule has 1 aromatic heterocycles. The molecule has 2 N–H and O–H groups in total. The maximum Gasteiger partial charge on any atom is 0.0834 e. The highest BCUT2D eigenvalue weighted by molar-refractivity contribution is 6.31. The van der Waals surface area contributed by atoms with Gasteiger partial charge in [-0.3, -0.25) is 4.68 Å². The van der Waals surface area contributed by atoms with Gasteiger partial charge in [0, 0.05) is 7.11 Å². The summed E-state index contributed by atoms with van der Waals surface area (Å²) in [6.45, 7) is 3.59. The number of methoxy groups -OCH3 is 1. The Bertz CT molecular complexity index is 413. The lowest BCUT2D eigenvalue weighted by molar-refractivity contribution is 0.156.